The second kappa shape index (κ2) is 6.70. The maximum Gasteiger partial charge on any atom is 0.269 e. The summed E-state index contributed by atoms with van der Waals surface area (Å²) in [6.45, 7) is 2.37. The number of nitro groups is 1. The van der Waals surface area contributed by atoms with Gasteiger partial charge in [-0.2, -0.15) is 0 Å². The third-order valence-electron chi connectivity index (χ3n) is 4.08. The fraction of sp³-hybridized carbons (Fsp3) is 0.278. The average molecular weight is 326 g/mol. The van der Waals surface area contributed by atoms with Gasteiger partial charge in [-0.1, -0.05) is 18.2 Å². The highest BCUT2D eigenvalue weighted by Crippen LogP contribution is 2.28. The van der Waals surface area contributed by atoms with Gasteiger partial charge in [-0.15, -0.1) is 0 Å². The van der Waals surface area contributed by atoms with Crippen molar-refractivity contribution in [3.63, 3.8) is 0 Å². The number of para-hydroxylation sites is 1. The number of anilines is 1. The molecule has 0 N–H and O–H groups in total. The molecule has 0 bridgehead atoms. The van der Waals surface area contributed by atoms with Crippen molar-refractivity contribution in [2.45, 2.75) is 25.9 Å². The normalized spacial score (nSPS) is 14.6. The van der Waals surface area contributed by atoms with Crippen LogP contribution in [0.4, 0.5) is 11.4 Å². The van der Waals surface area contributed by atoms with E-state index in [2.05, 4.69) is 0 Å². The van der Waals surface area contributed by atoms with E-state index in [1.165, 1.54) is 29.8 Å². The number of ether oxygens (including phenoxy) is 1. The molecule has 6 nitrogen and oxygen atoms in total. The smallest absolute Gasteiger partial charge is 0.269 e. The van der Waals surface area contributed by atoms with Crippen molar-refractivity contribution in [2.75, 3.05) is 11.4 Å². The van der Waals surface area contributed by atoms with E-state index in [-0.39, 0.29) is 11.6 Å². The van der Waals surface area contributed by atoms with Crippen molar-refractivity contribution >= 4 is 17.3 Å². The van der Waals surface area contributed by atoms with E-state index in [0.29, 0.717) is 12.3 Å². The first-order valence-corrected chi connectivity index (χ1v) is 7.86. The van der Waals surface area contributed by atoms with Gasteiger partial charge < -0.3 is 9.64 Å². The Bertz CT molecular complexity index is 758. The molecule has 0 radical (unpaired) electrons. The minimum atomic E-state index is -0.669. The SMILES string of the molecule is C[C@H](Oc1ccc([N+](=O)[O-])cc1)C(=O)N1CCCc2ccccc21. The van der Waals surface area contributed by atoms with Gasteiger partial charge >= 0.3 is 0 Å². The predicted octanol–water partition coefficient (Wildman–Crippen LogP) is 3.34. The molecule has 1 aliphatic rings. The highest BCUT2D eigenvalue weighted by molar-refractivity contribution is 5.97. The quantitative estimate of drug-likeness (QED) is 0.638. The van der Waals surface area contributed by atoms with Crippen molar-refractivity contribution < 1.29 is 14.5 Å². The number of carbonyl (C=O) groups is 1. The molecular weight excluding hydrogens is 308 g/mol. The van der Waals surface area contributed by atoms with Crippen LogP contribution in [0.5, 0.6) is 5.75 Å². The maximum atomic E-state index is 12.7. The van der Waals surface area contributed by atoms with Crippen molar-refractivity contribution in [3.8, 4) is 5.75 Å². The maximum absolute atomic E-state index is 12.7. The summed E-state index contributed by atoms with van der Waals surface area (Å²) in [6, 6.07) is 13.6. The van der Waals surface area contributed by atoms with Gasteiger partial charge in [0.05, 0.1) is 4.92 Å². The van der Waals surface area contributed by atoms with Gasteiger partial charge in [0.2, 0.25) is 0 Å². The first-order valence-electron chi connectivity index (χ1n) is 7.86. The van der Waals surface area contributed by atoms with Crippen LogP contribution >= 0.6 is 0 Å². The topological polar surface area (TPSA) is 72.7 Å². The number of carbonyl (C=O) groups excluding carboxylic acids is 1. The number of hydrogen-bond acceptors (Lipinski definition) is 4. The van der Waals surface area contributed by atoms with E-state index in [9.17, 15) is 14.9 Å². The van der Waals surface area contributed by atoms with E-state index in [1.54, 1.807) is 11.8 Å². The van der Waals surface area contributed by atoms with E-state index >= 15 is 0 Å². The molecule has 2 aromatic carbocycles. The number of non-ortho nitro benzene ring substituents is 1. The number of nitro benzene ring substituents is 1. The molecule has 6 heteroatoms. The molecular formula is C18H18N2O4. The Morgan fingerprint density at radius 2 is 1.92 bits per heavy atom. The average Bonchev–Trinajstić information content (AvgIpc) is 2.61. The summed E-state index contributed by atoms with van der Waals surface area (Å²) in [7, 11) is 0. The Morgan fingerprint density at radius 3 is 2.62 bits per heavy atom. The Balaban J connectivity index is 1.72. The molecule has 1 heterocycles. The van der Waals surface area contributed by atoms with Crippen LogP contribution in [0.1, 0.15) is 18.9 Å². The van der Waals surface area contributed by atoms with Crippen LogP contribution in [0.15, 0.2) is 48.5 Å². The van der Waals surface area contributed by atoms with Gasteiger partial charge in [-0.05, 0) is 43.5 Å². The monoisotopic (exact) mass is 326 g/mol. The van der Waals surface area contributed by atoms with Gasteiger partial charge in [0.15, 0.2) is 6.10 Å². The van der Waals surface area contributed by atoms with Gasteiger partial charge in [0, 0.05) is 24.4 Å². The Kier molecular flexibility index (Phi) is 4.46. The summed E-state index contributed by atoms with van der Waals surface area (Å²) in [4.78, 5) is 24.7. The molecule has 0 saturated carbocycles. The second-order valence-corrected chi connectivity index (χ2v) is 5.73. The fourth-order valence-corrected chi connectivity index (χ4v) is 2.88. The number of hydrogen-bond donors (Lipinski definition) is 0. The number of fused-ring (bicyclic) bond motifs is 1. The molecule has 1 atom stereocenters. The van der Waals surface area contributed by atoms with Gasteiger partial charge in [-0.3, -0.25) is 14.9 Å². The Morgan fingerprint density at radius 1 is 1.21 bits per heavy atom. The largest absolute Gasteiger partial charge is 0.481 e. The van der Waals surface area contributed by atoms with E-state index in [0.717, 1.165) is 18.5 Å². The molecule has 0 unspecified atom stereocenters. The summed E-state index contributed by atoms with van der Waals surface area (Å²) in [5.74, 6) is 0.326. The van der Waals surface area contributed by atoms with Crippen LogP contribution in [0.2, 0.25) is 0 Å². The number of amides is 1. The summed E-state index contributed by atoms with van der Waals surface area (Å²) < 4.78 is 5.67. The zero-order valence-electron chi connectivity index (χ0n) is 13.3. The van der Waals surface area contributed by atoms with Crippen LogP contribution in [-0.2, 0) is 11.2 Å². The molecule has 1 amide bonds. The standard InChI is InChI=1S/C18H18N2O4/c1-13(24-16-10-8-15(9-11-16)20(22)23)18(21)19-12-4-6-14-5-2-3-7-17(14)19/h2-3,5,7-11,13H,4,6,12H2,1H3/t13-/m0/s1. The molecule has 0 aromatic heterocycles. The number of aryl methyl sites for hydroxylation is 1. The van der Waals surface area contributed by atoms with Crippen molar-refractivity contribution in [2.24, 2.45) is 0 Å². The number of nitrogens with zero attached hydrogens (tertiary/aromatic N) is 2. The molecule has 3 rings (SSSR count). The van der Waals surface area contributed by atoms with Crippen LogP contribution in [0.25, 0.3) is 0 Å². The van der Waals surface area contributed by atoms with Gasteiger partial charge in [0.1, 0.15) is 5.75 Å². The molecule has 24 heavy (non-hydrogen) atoms. The molecule has 0 fully saturated rings. The fourth-order valence-electron chi connectivity index (χ4n) is 2.88. The highest BCUT2D eigenvalue weighted by Gasteiger charge is 2.27. The van der Waals surface area contributed by atoms with Crippen molar-refractivity contribution in [3.05, 3.63) is 64.2 Å². The predicted molar refractivity (Wildman–Crippen MR) is 90.3 cm³/mol. The summed E-state index contributed by atoms with van der Waals surface area (Å²) in [5, 5.41) is 10.7. The van der Waals surface area contributed by atoms with E-state index < -0.39 is 11.0 Å². The lowest BCUT2D eigenvalue weighted by molar-refractivity contribution is -0.384. The van der Waals surface area contributed by atoms with Crippen LogP contribution in [-0.4, -0.2) is 23.5 Å². The first-order chi connectivity index (χ1) is 11.6. The highest BCUT2D eigenvalue weighted by atomic mass is 16.6. The molecule has 2 aromatic rings. The van der Waals surface area contributed by atoms with Gasteiger partial charge in [-0.25, -0.2) is 0 Å². The lowest BCUT2D eigenvalue weighted by Crippen LogP contribution is -2.43. The number of rotatable bonds is 4. The van der Waals surface area contributed by atoms with Crippen LogP contribution < -0.4 is 9.64 Å². The van der Waals surface area contributed by atoms with Crippen molar-refractivity contribution in [1.29, 1.82) is 0 Å². The minimum Gasteiger partial charge on any atom is -0.481 e. The molecule has 1 aliphatic heterocycles. The van der Waals surface area contributed by atoms with Crippen LogP contribution in [0.3, 0.4) is 0 Å². The van der Waals surface area contributed by atoms with Gasteiger partial charge in [0.25, 0.3) is 11.6 Å². The Hall–Kier alpha value is -2.89. The zero-order valence-corrected chi connectivity index (χ0v) is 13.3. The van der Waals surface area contributed by atoms with Crippen molar-refractivity contribution in [1.82, 2.24) is 0 Å². The number of benzene rings is 2. The Labute approximate surface area is 139 Å². The molecule has 0 spiro atoms. The van der Waals surface area contributed by atoms with Crippen LogP contribution in [0, 0.1) is 10.1 Å². The third-order valence-corrected chi connectivity index (χ3v) is 4.08. The molecule has 124 valence electrons. The summed E-state index contributed by atoms with van der Waals surface area (Å²) >= 11 is 0. The second-order valence-electron chi connectivity index (χ2n) is 5.73. The summed E-state index contributed by atoms with van der Waals surface area (Å²) in [6.07, 6.45) is 1.22. The lowest BCUT2D eigenvalue weighted by atomic mass is 10.0. The lowest BCUT2D eigenvalue weighted by Gasteiger charge is -2.31. The zero-order chi connectivity index (χ0) is 17.1. The van der Waals surface area contributed by atoms with E-state index in [4.69, 9.17) is 4.74 Å². The third kappa shape index (κ3) is 3.22. The molecule has 0 aliphatic carbocycles. The van der Waals surface area contributed by atoms with E-state index in [1.807, 2.05) is 24.3 Å². The minimum absolute atomic E-state index is 0.00807. The molecule has 0 saturated heterocycles. The first kappa shape index (κ1) is 16.0. The summed E-state index contributed by atoms with van der Waals surface area (Å²) in [5.41, 5.74) is 2.10.